The Morgan fingerprint density at radius 3 is 2.33 bits per heavy atom. The van der Waals surface area contributed by atoms with Crippen molar-refractivity contribution in [2.45, 2.75) is 32.9 Å². The van der Waals surface area contributed by atoms with Crippen LogP contribution >= 0.6 is 22.6 Å². The molecule has 0 unspecified atom stereocenters. The van der Waals surface area contributed by atoms with E-state index in [9.17, 15) is 0 Å². The van der Waals surface area contributed by atoms with Gasteiger partial charge in [-0.3, -0.25) is 0 Å². The van der Waals surface area contributed by atoms with Crippen molar-refractivity contribution in [2.24, 2.45) is 0 Å². The van der Waals surface area contributed by atoms with E-state index >= 15 is 0 Å². The molecule has 0 aliphatic rings. The Morgan fingerprint density at radius 1 is 1.33 bits per heavy atom. The van der Waals surface area contributed by atoms with Gasteiger partial charge in [0.25, 0.3) is 0 Å². The number of nitrogens with zero attached hydrogens (tertiary/aromatic N) is 2. The molecule has 0 saturated carbocycles. The Hall–Kier alpha value is -0.361. The van der Waals surface area contributed by atoms with Crippen molar-refractivity contribution in [3.63, 3.8) is 0 Å². The summed E-state index contributed by atoms with van der Waals surface area (Å²) >= 11 is 2.11. The molecule has 1 radical (unpaired) electrons. The second kappa shape index (κ2) is 10.4. The molecule has 0 amide bonds. The number of aromatic nitrogens is 2. The van der Waals surface area contributed by atoms with Crippen molar-refractivity contribution in [1.29, 1.82) is 0 Å². The minimum absolute atomic E-state index is 0. The van der Waals surface area contributed by atoms with Gasteiger partial charge in [0.2, 0.25) is 0 Å². The van der Waals surface area contributed by atoms with Crippen LogP contribution < -0.4 is 0 Å². The van der Waals surface area contributed by atoms with Gasteiger partial charge in [-0.1, -0.05) is 56.1 Å². The first-order valence-corrected chi connectivity index (χ1v) is 7.60. The second-order valence-corrected chi connectivity index (χ2v) is 6.01. The van der Waals surface area contributed by atoms with Crippen molar-refractivity contribution >= 4 is 22.6 Å². The third kappa shape index (κ3) is 8.61. The third-order valence-corrected chi connectivity index (χ3v) is 3.06. The zero-order valence-corrected chi connectivity index (χ0v) is 15.7. The Balaban J connectivity index is 0.000000364. The van der Waals surface area contributed by atoms with Crippen LogP contribution in [0.5, 0.6) is 0 Å². The molecule has 0 spiro atoms. The van der Waals surface area contributed by atoms with Gasteiger partial charge in [0.05, 0.1) is 6.73 Å². The summed E-state index contributed by atoms with van der Waals surface area (Å²) in [5, 5.41) is 0. The van der Waals surface area contributed by atoms with E-state index < -0.39 is 0 Å². The van der Waals surface area contributed by atoms with Crippen LogP contribution in [0.25, 0.3) is 0 Å². The number of ether oxygens (including phenoxy) is 1. The molecule has 1 aromatic heterocycles. The zero-order valence-electron chi connectivity index (χ0n) is 12.6. The quantitative estimate of drug-likeness (QED) is 0.401. The molecule has 0 saturated heterocycles. The zero-order chi connectivity index (χ0) is 15.0. The van der Waals surface area contributed by atoms with E-state index in [2.05, 4.69) is 66.7 Å². The first-order valence-electron chi connectivity index (χ1n) is 6.52. The van der Waals surface area contributed by atoms with Crippen molar-refractivity contribution in [3.8, 4) is 0 Å². The Bertz CT molecular complexity index is 494. The largest absolute Gasteiger partial charge is 2.00 e. The summed E-state index contributed by atoms with van der Waals surface area (Å²) in [4.78, 5) is 3.98. The van der Waals surface area contributed by atoms with Crippen LogP contribution in [0.4, 0.5) is 0 Å². The molecule has 1 heterocycles. The fourth-order valence-corrected chi connectivity index (χ4v) is 1.88. The summed E-state index contributed by atoms with van der Waals surface area (Å²) in [5.74, 6) is 0. The van der Waals surface area contributed by atoms with Gasteiger partial charge in [-0.2, -0.15) is 0 Å². The molecule has 0 aliphatic carbocycles. The molecule has 3 nitrogen and oxygen atoms in total. The molecule has 0 atom stereocenters. The van der Waals surface area contributed by atoms with Crippen LogP contribution in [0.3, 0.4) is 0 Å². The van der Waals surface area contributed by atoms with E-state index in [1.807, 2.05) is 25.1 Å². The summed E-state index contributed by atoms with van der Waals surface area (Å²) in [6.45, 7) is 11.5. The average Bonchev–Trinajstić information content (AvgIpc) is 2.83. The molecule has 0 N–H and O–H groups in total. The van der Waals surface area contributed by atoms with Crippen LogP contribution in [0.15, 0.2) is 36.7 Å². The van der Waals surface area contributed by atoms with Crippen LogP contribution in [-0.2, 0) is 34.0 Å². The second-order valence-electron chi connectivity index (χ2n) is 4.99. The van der Waals surface area contributed by atoms with Crippen molar-refractivity contribution < 1.29 is 21.8 Å². The maximum atomic E-state index is 5.12. The molecular formula is C16H21CuIN2O. The average molecular weight is 448 g/mol. The number of hydrogen-bond donors (Lipinski definition) is 0. The van der Waals surface area contributed by atoms with E-state index in [1.54, 1.807) is 10.9 Å². The standard InChI is InChI=1S/C10H13.C6H8IN2O.Cu/c1-10(2,3)9-7-5-4-6-8-9;1-2-10-5-9-3-6(7)8-4-9;/h4-8H,1H2,2-3H3;4H,2,5H2,1H3;/q2*-1;+2. The van der Waals surface area contributed by atoms with Crippen molar-refractivity contribution in [1.82, 2.24) is 9.55 Å². The number of benzene rings is 1. The number of hydrogen-bond acceptors (Lipinski definition) is 2. The summed E-state index contributed by atoms with van der Waals surface area (Å²) in [7, 11) is 0. The predicted octanol–water partition coefficient (Wildman–Crippen LogP) is 4.08. The topological polar surface area (TPSA) is 27.1 Å². The van der Waals surface area contributed by atoms with Crippen LogP contribution in [0.2, 0.25) is 0 Å². The number of halogens is 1. The summed E-state index contributed by atoms with van der Waals surface area (Å²) < 4.78 is 7.78. The van der Waals surface area contributed by atoms with Gasteiger partial charge in [0, 0.05) is 10.3 Å². The van der Waals surface area contributed by atoms with Crippen LogP contribution in [0, 0.1) is 16.8 Å². The monoisotopic (exact) mass is 447 g/mol. The Labute approximate surface area is 152 Å². The molecule has 1 aromatic carbocycles. The van der Waals surface area contributed by atoms with Gasteiger partial charge in [-0.05, 0) is 29.5 Å². The summed E-state index contributed by atoms with van der Waals surface area (Å²) in [5.41, 5.74) is 1.33. The SMILES string of the molecule is CCOCn1[c-]c(I)nc1.[CH2-]C(C)(C)c1ccccc1.[Cu+2]. The molecule has 0 fully saturated rings. The number of imidazole rings is 1. The maximum absolute atomic E-state index is 5.12. The molecular weight excluding hydrogens is 427 g/mol. The maximum Gasteiger partial charge on any atom is 2.00 e. The minimum Gasteiger partial charge on any atom is -0.479 e. The fraction of sp³-hybridized carbons (Fsp3) is 0.375. The van der Waals surface area contributed by atoms with Gasteiger partial charge in [-0.15, -0.1) is 11.6 Å². The Kier molecular flexibility index (Phi) is 10.2. The summed E-state index contributed by atoms with van der Waals surface area (Å²) in [6.07, 6.45) is 4.68. The first kappa shape index (κ1) is 20.6. The minimum atomic E-state index is 0. The van der Waals surface area contributed by atoms with Crippen LogP contribution in [-0.4, -0.2) is 16.2 Å². The number of rotatable bonds is 4. The van der Waals surface area contributed by atoms with E-state index in [4.69, 9.17) is 4.74 Å². The van der Waals surface area contributed by atoms with Gasteiger partial charge in [0.15, 0.2) is 0 Å². The van der Waals surface area contributed by atoms with E-state index in [0.29, 0.717) is 6.73 Å². The third-order valence-electron chi connectivity index (χ3n) is 2.54. The molecule has 2 rings (SSSR count). The Morgan fingerprint density at radius 2 is 1.95 bits per heavy atom. The smallest absolute Gasteiger partial charge is 0.479 e. The summed E-state index contributed by atoms with van der Waals surface area (Å²) in [6, 6.07) is 10.3. The van der Waals surface area contributed by atoms with Gasteiger partial charge in [-0.25, -0.2) is 0 Å². The van der Waals surface area contributed by atoms with Gasteiger partial charge in [0.1, 0.15) is 0 Å². The van der Waals surface area contributed by atoms with E-state index in [-0.39, 0.29) is 22.5 Å². The molecule has 2 aromatic rings. The predicted molar refractivity (Wildman–Crippen MR) is 90.2 cm³/mol. The molecule has 0 bridgehead atoms. The van der Waals surface area contributed by atoms with Crippen molar-refractivity contribution in [2.75, 3.05) is 6.61 Å². The fourth-order valence-electron chi connectivity index (χ4n) is 1.44. The molecule has 119 valence electrons. The molecule has 21 heavy (non-hydrogen) atoms. The van der Waals surface area contributed by atoms with Crippen LogP contribution in [0.1, 0.15) is 26.3 Å². The van der Waals surface area contributed by atoms with Gasteiger partial charge >= 0.3 is 17.1 Å². The first-order chi connectivity index (χ1) is 9.43. The van der Waals surface area contributed by atoms with Crippen molar-refractivity contribution in [3.05, 3.63) is 59.0 Å². The van der Waals surface area contributed by atoms with Gasteiger partial charge < -0.3 is 21.2 Å². The molecule has 5 heteroatoms. The van der Waals surface area contributed by atoms with E-state index in [0.717, 1.165) is 10.3 Å². The molecule has 0 aliphatic heterocycles. The normalized spacial score (nSPS) is 10.3. The van der Waals surface area contributed by atoms with E-state index in [1.165, 1.54) is 5.56 Å².